The quantitative estimate of drug-likeness (QED) is 0.870. The average molecular weight is 317 g/mol. The van der Waals surface area contributed by atoms with Crippen molar-refractivity contribution in [2.75, 3.05) is 19.6 Å². The zero-order valence-corrected chi connectivity index (χ0v) is 14.8. The molecule has 0 bridgehead atoms. The Bertz CT molecular complexity index is 482. The summed E-state index contributed by atoms with van der Waals surface area (Å²) in [5, 5.41) is 3.06. The van der Waals surface area contributed by atoms with E-state index in [4.69, 9.17) is 0 Å². The van der Waals surface area contributed by atoms with E-state index in [9.17, 15) is 4.79 Å². The summed E-state index contributed by atoms with van der Waals surface area (Å²) in [7, 11) is 0. The average Bonchev–Trinajstić information content (AvgIpc) is 2.59. The van der Waals surface area contributed by atoms with Crippen LogP contribution in [0.3, 0.4) is 0 Å². The minimum Gasteiger partial charge on any atom is -0.334 e. The number of benzene rings is 1. The van der Waals surface area contributed by atoms with Gasteiger partial charge in [-0.05, 0) is 50.4 Å². The first-order valence-electron chi connectivity index (χ1n) is 8.98. The Balaban J connectivity index is 1.82. The van der Waals surface area contributed by atoms with Crippen LogP contribution < -0.4 is 5.32 Å². The summed E-state index contributed by atoms with van der Waals surface area (Å²) in [6.07, 6.45) is 3.48. The monoisotopic (exact) mass is 317 g/mol. The first-order chi connectivity index (χ1) is 11.1. The van der Waals surface area contributed by atoms with Gasteiger partial charge in [0.1, 0.15) is 0 Å². The van der Waals surface area contributed by atoms with Gasteiger partial charge in [-0.2, -0.15) is 0 Å². The van der Waals surface area contributed by atoms with Crippen molar-refractivity contribution >= 4 is 6.03 Å². The molecule has 1 atom stereocenters. The Morgan fingerprint density at radius 2 is 1.83 bits per heavy atom. The van der Waals surface area contributed by atoms with Crippen molar-refractivity contribution in [1.82, 2.24) is 15.1 Å². The van der Waals surface area contributed by atoms with E-state index in [0.29, 0.717) is 12.6 Å². The second-order valence-corrected chi connectivity index (χ2v) is 6.47. The predicted octanol–water partition coefficient (Wildman–Crippen LogP) is 3.61. The van der Waals surface area contributed by atoms with Crippen LogP contribution in [-0.4, -0.2) is 41.5 Å². The number of carbonyl (C=O) groups excluding carboxylic acids is 1. The van der Waals surface area contributed by atoms with Crippen LogP contribution in [0, 0.1) is 0 Å². The number of carbonyl (C=O) groups is 1. The maximum absolute atomic E-state index is 12.3. The largest absolute Gasteiger partial charge is 0.334 e. The van der Waals surface area contributed by atoms with Crippen molar-refractivity contribution in [3.63, 3.8) is 0 Å². The van der Waals surface area contributed by atoms with Crippen molar-refractivity contribution in [3.05, 3.63) is 35.4 Å². The molecular weight excluding hydrogens is 286 g/mol. The van der Waals surface area contributed by atoms with E-state index >= 15 is 0 Å². The zero-order chi connectivity index (χ0) is 16.7. The molecule has 1 unspecified atom stereocenters. The molecule has 0 aliphatic carbocycles. The van der Waals surface area contributed by atoms with E-state index in [1.54, 1.807) is 0 Å². The molecule has 0 radical (unpaired) electrons. The van der Waals surface area contributed by atoms with Gasteiger partial charge < -0.3 is 10.2 Å². The number of piperidine rings is 1. The molecule has 0 aromatic heterocycles. The predicted molar refractivity (Wildman–Crippen MR) is 95.3 cm³/mol. The molecule has 1 aliphatic rings. The highest BCUT2D eigenvalue weighted by molar-refractivity contribution is 5.74. The number of urea groups is 1. The minimum atomic E-state index is 0.0735. The zero-order valence-electron chi connectivity index (χ0n) is 14.8. The molecule has 1 N–H and O–H groups in total. The maximum Gasteiger partial charge on any atom is 0.317 e. The minimum absolute atomic E-state index is 0.0735. The number of hydrogen-bond acceptors (Lipinski definition) is 2. The van der Waals surface area contributed by atoms with Gasteiger partial charge in [-0.25, -0.2) is 4.79 Å². The number of amides is 2. The van der Waals surface area contributed by atoms with Gasteiger partial charge in [0.25, 0.3) is 0 Å². The fourth-order valence-corrected chi connectivity index (χ4v) is 3.15. The first-order valence-corrected chi connectivity index (χ1v) is 8.98. The Kier molecular flexibility index (Phi) is 6.90. The molecule has 1 fully saturated rings. The normalized spacial score (nSPS) is 18.3. The van der Waals surface area contributed by atoms with Crippen LogP contribution in [0.15, 0.2) is 24.3 Å². The van der Waals surface area contributed by atoms with Crippen LogP contribution in [0.5, 0.6) is 0 Å². The second-order valence-electron chi connectivity index (χ2n) is 6.47. The van der Waals surface area contributed by atoms with E-state index in [0.717, 1.165) is 44.6 Å². The van der Waals surface area contributed by atoms with Crippen molar-refractivity contribution in [2.45, 2.75) is 59.2 Å². The Labute approximate surface area is 140 Å². The molecule has 2 amide bonds. The molecule has 4 nitrogen and oxygen atoms in total. The number of nitrogens with zero attached hydrogens (tertiary/aromatic N) is 2. The highest BCUT2D eigenvalue weighted by Gasteiger charge is 2.22. The summed E-state index contributed by atoms with van der Waals surface area (Å²) >= 11 is 0. The van der Waals surface area contributed by atoms with Gasteiger partial charge >= 0.3 is 6.03 Å². The van der Waals surface area contributed by atoms with Crippen LogP contribution in [0.2, 0.25) is 0 Å². The highest BCUT2D eigenvalue weighted by Crippen LogP contribution is 2.16. The Hall–Kier alpha value is -1.55. The Morgan fingerprint density at radius 3 is 2.43 bits per heavy atom. The number of likely N-dealkylation sites (tertiary alicyclic amines) is 1. The molecule has 4 heteroatoms. The molecule has 2 rings (SSSR count). The fourth-order valence-electron chi connectivity index (χ4n) is 3.15. The molecule has 0 saturated carbocycles. The van der Waals surface area contributed by atoms with Crippen LogP contribution in [0.4, 0.5) is 4.79 Å². The molecule has 1 aliphatic heterocycles. The summed E-state index contributed by atoms with van der Waals surface area (Å²) in [6.45, 7) is 11.1. The summed E-state index contributed by atoms with van der Waals surface area (Å²) in [5.74, 6) is 0. The summed E-state index contributed by atoms with van der Waals surface area (Å²) < 4.78 is 0. The first kappa shape index (κ1) is 17.8. The lowest BCUT2D eigenvalue weighted by molar-refractivity contribution is 0.158. The summed E-state index contributed by atoms with van der Waals surface area (Å²) in [4.78, 5) is 16.6. The van der Waals surface area contributed by atoms with Crippen molar-refractivity contribution in [2.24, 2.45) is 0 Å². The Morgan fingerprint density at radius 1 is 1.17 bits per heavy atom. The van der Waals surface area contributed by atoms with Gasteiger partial charge in [-0.15, -0.1) is 0 Å². The van der Waals surface area contributed by atoms with Crippen LogP contribution in [-0.2, 0) is 13.1 Å². The van der Waals surface area contributed by atoms with E-state index in [1.165, 1.54) is 12.0 Å². The number of hydrogen-bond donors (Lipinski definition) is 1. The van der Waals surface area contributed by atoms with E-state index in [2.05, 4.69) is 55.3 Å². The van der Waals surface area contributed by atoms with Gasteiger partial charge in [-0.3, -0.25) is 4.90 Å². The maximum atomic E-state index is 12.3. The highest BCUT2D eigenvalue weighted by atomic mass is 16.2. The summed E-state index contributed by atoms with van der Waals surface area (Å²) in [5.41, 5.74) is 2.49. The third-order valence-corrected chi connectivity index (χ3v) is 4.83. The van der Waals surface area contributed by atoms with Gasteiger partial charge in [0, 0.05) is 25.7 Å². The fraction of sp³-hybridized carbons (Fsp3) is 0.632. The third kappa shape index (κ3) is 5.24. The van der Waals surface area contributed by atoms with E-state index in [1.807, 2.05) is 4.90 Å². The van der Waals surface area contributed by atoms with Crippen LogP contribution in [0.25, 0.3) is 0 Å². The van der Waals surface area contributed by atoms with E-state index < -0.39 is 0 Å². The van der Waals surface area contributed by atoms with Gasteiger partial charge in [0.2, 0.25) is 0 Å². The standard InChI is InChI=1S/C19H31N3O/c1-4-21(5-2)15-18-11-9-17(10-12-18)14-20-19(23)22-13-7-6-8-16(22)3/h9-12,16H,4-8,13-15H2,1-3H3,(H,20,23). The molecule has 1 heterocycles. The molecular formula is C19H31N3O. The van der Waals surface area contributed by atoms with Gasteiger partial charge in [0.05, 0.1) is 0 Å². The molecule has 1 aromatic carbocycles. The lowest BCUT2D eigenvalue weighted by Crippen LogP contribution is -2.47. The van der Waals surface area contributed by atoms with Gasteiger partial charge in [0.15, 0.2) is 0 Å². The smallest absolute Gasteiger partial charge is 0.317 e. The molecule has 128 valence electrons. The molecule has 1 saturated heterocycles. The van der Waals surface area contributed by atoms with Gasteiger partial charge in [-0.1, -0.05) is 38.1 Å². The van der Waals surface area contributed by atoms with Crippen molar-refractivity contribution in [3.8, 4) is 0 Å². The van der Waals surface area contributed by atoms with Crippen molar-refractivity contribution < 1.29 is 4.79 Å². The van der Waals surface area contributed by atoms with E-state index in [-0.39, 0.29) is 6.03 Å². The number of nitrogens with one attached hydrogen (secondary N) is 1. The van der Waals surface area contributed by atoms with Crippen molar-refractivity contribution in [1.29, 1.82) is 0 Å². The summed E-state index contributed by atoms with van der Waals surface area (Å²) in [6, 6.07) is 9.02. The second kappa shape index (κ2) is 8.92. The lowest BCUT2D eigenvalue weighted by Gasteiger charge is -2.33. The van der Waals surface area contributed by atoms with Crippen LogP contribution >= 0.6 is 0 Å². The third-order valence-electron chi connectivity index (χ3n) is 4.83. The lowest BCUT2D eigenvalue weighted by atomic mass is 10.0. The topological polar surface area (TPSA) is 35.6 Å². The molecule has 1 aromatic rings. The molecule has 23 heavy (non-hydrogen) atoms. The SMILES string of the molecule is CCN(CC)Cc1ccc(CNC(=O)N2CCCCC2C)cc1. The number of rotatable bonds is 6. The molecule has 0 spiro atoms. The van der Waals surface area contributed by atoms with Crippen LogP contribution in [0.1, 0.15) is 51.2 Å².